The van der Waals surface area contributed by atoms with Gasteiger partial charge in [-0.1, -0.05) is 5.21 Å². The van der Waals surface area contributed by atoms with Gasteiger partial charge in [0, 0.05) is 18.8 Å². The Labute approximate surface area is 129 Å². The molecular weight excluding hydrogens is 334 g/mol. The number of hydrogen-bond donors (Lipinski definition) is 1. The van der Waals surface area contributed by atoms with Crippen molar-refractivity contribution in [2.75, 3.05) is 5.32 Å². The normalized spacial score (nSPS) is 10.8. The number of aromatic nitrogens is 4. The number of rotatable bonds is 2. The Morgan fingerprint density at radius 3 is 2.90 bits per heavy atom. The fourth-order valence-corrected chi connectivity index (χ4v) is 2.55. The highest BCUT2D eigenvalue weighted by atomic mass is 79.9. The number of pyridine rings is 1. The molecule has 0 radical (unpaired) electrons. The fraction of sp³-hybridized carbons (Fsp3) is 0.143. The van der Waals surface area contributed by atoms with Crippen molar-refractivity contribution in [1.29, 1.82) is 0 Å². The zero-order chi connectivity index (χ0) is 15.0. The van der Waals surface area contributed by atoms with Crippen LogP contribution in [0.1, 0.15) is 15.9 Å². The van der Waals surface area contributed by atoms with E-state index in [0.717, 1.165) is 15.6 Å². The molecule has 1 amide bonds. The maximum Gasteiger partial charge on any atom is 0.256 e. The Kier molecular flexibility index (Phi) is 3.42. The van der Waals surface area contributed by atoms with Crippen LogP contribution in [0.5, 0.6) is 0 Å². The second kappa shape index (κ2) is 5.25. The van der Waals surface area contributed by atoms with Crippen molar-refractivity contribution in [1.82, 2.24) is 20.0 Å². The van der Waals surface area contributed by atoms with Crippen molar-refractivity contribution in [3.05, 3.63) is 46.1 Å². The van der Waals surface area contributed by atoms with Gasteiger partial charge in [0.2, 0.25) is 0 Å². The highest BCUT2D eigenvalue weighted by Crippen LogP contribution is 2.21. The van der Waals surface area contributed by atoms with Crippen LogP contribution in [0.3, 0.4) is 0 Å². The summed E-state index contributed by atoms with van der Waals surface area (Å²) in [5, 5.41) is 10.7. The van der Waals surface area contributed by atoms with Gasteiger partial charge < -0.3 is 5.32 Å². The van der Waals surface area contributed by atoms with Crippen LogP contribution < -0.4 is 5.32 Å². The van der Waals surface area contributed by atoms with Crippen molar-refractivity contribution in [3.8, 4) is 0 Å². The van der Waals surface area contributed by atoms with Gasteiger partial charge in [0.15, 0.2) is 0 Å². The molecule has 21 heavy (non-hydrogen) atoms. The molecule has 0 fully saturated rings. The molecule has 0 bridgehead atoms. The summed E-state index contributed by atoms with van der Waals surface area (Å²) >= 11 is 3.39. The average Bonchev–Trinajstić information content (AvgIpc) is 2.83. The summed E-state index contributed by atoms with van der Waals surface area (Å²) in [6.45, 7) is 1.94. The first-order valence-electron chi connectivity index (χ1n) is 6.27. The summed E-state index contributed by atoms with van der Waals surface area (Å²) in [5.41, 5.74) is 3.08. The first kappa shape index (κ1) is 13.7. The van der Waals surface area contributed by atoms with Gasteiger partial charge in [-0.2, -0.15) is 0 Å². The van der Waals surface area contributed by atoms with Gasteiger partial charge in [-0.05, 0) is 52.7 Å². The van der Waals surface area contributed by atoms with E-state index in [-0.39, 0.29) is 5.91 Å². The Hall–Kier alpha value is -2.28. The summed E-state index contributed by atoms with van der Waals surface area (Å²) < 4.78 is 2.41. The van der Waals surface area contributed by atoms with Gasteiger partial charge in [-0.15, -0.1) is 5.10 Å². The third-order valence-electron chi connectivity index (χ3n) is 3.08. The lowest BCUT2D eigenvalue weighted by Crippen LogP contribution is -2.13. The molecule has 3 rings (SSSR count). The summed E-state index contributed by atoms with van der Waals surface area (Å²) in [7, 11) is 1.81. The number of carbonyl (C=O) groups is 1. The van der Waals surface area contributed by atoms with Crippen molar-refractivity contribution in [3.63, 3.8) is 0 Å². The summed E-state index contributed by atoms with van der Waals surface area (Å²) in [6.07, 6.45) is 1.70. The van der Waals surface area contributed by atoms with E-state index in [9.17, 15) is 4.79 Å². The molecule has 0 atom stereocenters. The van der Waals surface area contributed by atoms with Crippen LogP contribution in [0.2, 0.25) is 0 Å². The van der Waals surface area contributed by atoms with Crippen LogP contribution >= 0.6 is 15.9 Å². The molecule has 6 nitrogen and oxygen atoms in total. The number of anilines is 1. The summed E-state index contributed by atoms with van der Waals surface area (Å²) in [6, 6.07) is 7.17. The molecule has 106 valence electrons. The SMILES string of the molecule is Cc1cnc(NC(=O)c2ccc3c(c2)nnn3C)c(Br)c1. The van der Waals surface area contributed by atoms with E-state index in [1.54, 1.807) is 23.0 Å². The zero-order valence-corrected chi connectivity index (χ0v) is 13.0. The predicted octanol–water partition coefficient (Wildman–Crippen LogP) is 2.69. The molecule has 0 saturated heterocycles. The minimum absolute atomic E-state index is 0.236. The monoisotopic (exact) mass is 345 g/mol. The van der Waals surface area contributed by atoms with Gasteiger partial charge in [0.25, 0.3) is 5.91 Å². The molecule has 0 unspecified atom stereocenters. The van der Waals surface area contributed by atoms with E-state index in [4.69, 9.17) is 0 Å². The molecule has 0 aliphatic heterocycles. The molecule has 0 saturated carbocycles. The van der Waals surface area contributed by atoms with Gasteiger partial charge >= 0.3 is 0 Å². The molecule has 0 aliphatic carbocycles. The van der Waals surface area contributed by atoms with Gasteiger partial charge in [-0.25, -0.2) is 9.67 Å². The Morgan fingerprint density at radius 1 is 1.33 bits per heavy atom. The Balaban J connectivity index is 1.89. The van der Waals surface area contributed by atoms with Crippen LogP contribution in [0.15, 0.2) is 34.9 Å². The lowest BCUT2D eigenvalue weighted by molar-refractivity contribution is 0.102. The lowest BCUT2D eigenvalue weighted by Gasteiger charge is -2.07. The van der Waals surface area contributed by atoms with E-state index in [1.807, 2.05) is 26.1 Å². The maximum absolute atomic E-state index is 12.3. The molecule has 7 heteroatoms. The van der Waals surface area contributed by atoms with E-state index in [1.165, 1.54) is 0 Å². The molecule has 2 aromatic heterocycles. The molecular formula is C14H12BrN5O. The second-order valence-electron chi connectivity index (χ2n) is 4.71. The van der Waals surface area contributed by atoms with Crippen molar-refractivity contribution >= 4 is 38.7 Å². The molecule has 3 aromatic rings. The van der Waals surface area contributed by atoms with Gasteiger partial charge in [0.1, 0.15) is 11.3 Å². The number of fused-ring (bicyclic) bond motifs is 1. The topological polar surface area (TPSA) is 72.7 Å². The van der Waals surface area contributed by atoms with Crippen LogP contribution in [0.25, 0.3) is 11.0 Å². The Morgan fingerprint density at radius 2 is 2.14 bits per heavy atom. The van der Waals surface area contributed by atoms with Crippen molar-refractivity contribution < 1.29 is 4.79 Å². The van der Waals surface area contributed by atoms with E-state index < -0.39 is 0 Å². The molecule has 2 heterocycles. The highest BCUT2D eigenvalue weighted by molar-refractivity contribution is 9.10. The number of benzene rings is 1. The number of nitrogens with one attached hydrogen (secondary N) is 1. The van der Waals surface area contributed by atoms with Crippen molar-refractivity contribution in [2.24, 2.45) is 7.05 Å². The summed E-state index contributed by atoms with van der Waals surface area (Å²) in [5.74, 6) is 0.254. The maximum atomic E-state index is 12.3. The molecule has 1 aromatic carbocycles. The quantitative estimate of drug-likeness (QED) is 0.774. The lowest BCUT2D eigenvalue weighted by atomic mass is 10.2. The van der Waals surface area contributed by atoms with E-state index in [2.05, 4.69) is 36.5 Å². The third-order valence-corrected chi connectivity index (χ3v) is 3.69. The number of nitrogens with zero attached hydrogens (tertiary/aromatic N) is 4. The zero-order valence-electron chi connectivity index (χ0n) is 11.5. The van der Waals surface area contributed by atoms with Crippen LogP contribution in [-0.2, 0) is 7.05 Å². The largest absolute Gasteiger partial charge is 0.306 e. The number of amides is 1. The first-order chi connectivity index (χ1) is 10.0. The standard InChI is InChI=1S/C14H12BrN5O/c1-8-5-10(15)13(16-7-8)17-14(21)9-3-4-12-11(6-9)18-19-20(12)2/h3-7H,1-2H3,(H,16,17,21). The highest BCUT2D eigenvalue weighted by Gasteiger charge is 2.11. The van der Waals surface area contributed by atoms with Crippen LogP contribution in [-0.4, -0.2) is 25.9 Å². The van der Waals surface area contributed by atoms with Gasteiger partial charge in [0.05, 0.1) is 9.99 Å². The van der Waals surface area contributed by atoms with Crippen LogP contribution in [0.4, 0.5) is 5.82 Å². The first-order valence-corrected chi connectivity index (χ1v) is 7.07. The average molecular weight is 346 g/mol. The minimum atomic E-state index is -0.236. The number of carbonyl (C=O) groups excluding carboxylic acids is 1. The Bertz CT molecular complexity index is 842. The number of halogens is 1. The second-order valence-corrected chi connectivity index (χ2v) is 5.57. The minimum Gasteiger partial charge on any atom is -0.306 e. The van der Waals surface area contributed by atoms with E-state index in [0.29, 0.717) is 16.9 Å². The smallest absolute Gasteiger partial charge is 0.256 e. The summed E-state index contributed by atoms with van der Waals surface area (Å²) in [4.78, 5) is 16.5. The number of hydrogen-bond acceptors (Lipinski definition) is 4. The predicted molar refractivity (Wildman–Crippen MR) is 83.1 cm³/mol. The molecule has 0 spiro atoms. The molecule has 1 N–H and O–H groups in total. The fourth-order valence-electron chi connectivity index (χ4n) is 1.99. The van der Waals surface area contributed by atoms with Crippen molar-refractivity contribution in [2.45, 2.75) is 6.92 Å². The third kappa shape index (κ3) is 2.64. The van der Waals surface area contributed by atoms with Gasteiger partial charge in [-0.3, -0.25) is 4.79 Å². The number of aryl methyl sites for hydroxylation is 2. The van der Waals surface area contributed by atoms with E-state index >= 15 is 0 Å². The van der Waals surface area contributed by atoms with Crippen LogP contribution in [0, 0.1) is 6.92 Å². The molecule has 0 aliphatic rings.